The summed E-state index contributed by atoms with van der Waals surface area (Å²) in [4.78, 5) is 0. The Morgan fingerprint density at radius 2 is 2.16 bits per heavy atom. The second-order valence-electron chi connectivity index (χ2n) is 4.55. The maximum Gasteiger partial charge on any atom is 0.241 e. The largest absolute Gasteiger partial charge is 0.437 e. The van der Waals surface area contributed by atoms with Crippen molar-refractivity contribution in [2.24, 2.45) is 7.05 Å². The molecule has 0 saturated heterocycles. The Kier molecular flexibility index (Phi) is 4.00. The summed E-state index contributed by atoms with van der Waals surface area (Å²) in [6, 6.07) is 5.49. The molecule has 102 valence electrons. The van der Waals surface area contributed by atoms with Crippen LogP contribution in [0.5, 0.6) is 11.6 Å². The molecule has 2 rings (SSSR count). The monoisotopic (exact) mass is 279 g/mol. The molecule has 0 aliphatic rings. The number of ether oxygens (including phenoxy) is 1. The van der Waals surface area contributed by atoms with Crippen molar-refractivity contribution in [3.8, 4) is 11.6 Å². The summed E-state index contributed by atoms with van der Waals surface area (Å²) in [5.41, 5.74) is 8.54. The molecule has 0 amide bonds. The van der Waals surface area contributed by atoms with E-state index in [0.29, 0.717) is 16.6 Å². The lowest BCUT2D eigenvalue weighted by atomic mass is 10.2. The minimum atomic E-state index is 0.578. The number of benzene rings is 1. The van der Waals surface area contributed by atoms with Crippen LogP contribution in [0.1, 0.15) is 24.6 Å². The van der Waals surface area contributed by atoms with Crippen LogP contribution in [0.4, 0.5) is 5.69 Å². The highest BCUT2D eigenvalue weighted by Crippen LogP contribution is 2.32. The number of hydrogen-bond acceptors (Lipinski definition) is 3. The number of aryl methyl sites for hydroxylation is 3. The second kappa shape index (κ2) is 5.53. The molecule has 0 radical (unpaired) electrons. The molecule has 1 heterocycles. The van der Waals surface area contributed by atoms with Crippen LogP contribution >= 0.6 is 11.6 Å². The number of nitrogen functional groups attached to an aromatic ring is 1. The van der Waals surface area contributed by atoms with Crippen molar-refractivity contribution in [3.05, 3.63) is 34.5 Å². The molecule has 1 aromatic carbocycles. The molecule has 0 atom stereocenters. The lowest BCUT2D eigenvalue weighted by Gasteiger charge is -2.09. The van der Waals surface area contributed by atoms with Gasteiger partial charge in [0.1, 0.15) is 11.4 Å². The minimum absolute atomic E-state index is 0.578. The van der Waals surface area contributed by atoms with Crippen molar-refractivity contribution >= 4 is 17.3 Å². The molecule has 0 spiro atoms. The number of halogens is 1. The average Bonchev–Trinajstić information content (AvgIpc) is 2.60. The van der Waals surface area contributed by atoms with E-state index >= 15 is 0 Å². The van der Waals surface area contributed by atoms with Gasteiger partial charge >= 0.3 is 0 Å². The van der Waals surface area contributed by atoms with Gasteiger partial charge in [-0.15, -0.1) is 0 Å². The van der Waals surface area contributed by atoms with E-state index in [-0.39, 0.29) is 0 Å². The van der Waals surface area contributed by atoms with E-state index in [2.05, 4.69) is 12.0 Å². The zero-order valence-corrected chi connectivity index (χ0v) is 12.2. The highest BCUT2D eigenvalue weighted by Gasteiger charge is 2.15. The second-order valence-corrected chi connectivity index (χ2v) is 4.99. The maximum absolute atomic E-state index is 6.08. The third kappa shape index (κ3) is 2.84. The molecule has 0 saturated carbocycles. The van der Waals surface area contributed by atoms with Crippen molar-refractivity contribution in [3.63, 3.8) is 0 Å². The first-order valence-electron chi connectivity index (χ1n) is 6.28. The molecule has 0 aliphatic heterocycles. The molecular formula is C14H18ClN3O. The van der Waals surface area contributed by atoms with Crippen molar-refractivity contribution in [1.29, 1.82) is 0 Å². The Labute approximate surface area is 118 Å². The molecule has 0 bridgehead atoms. The summed E-state index contributed by atoms with van der Waals surface area (Å²) < 4.78 is 7.54. The number of anilines is 1. The third-order valence-electron chi connectivity index (χ3n) is 2.94. The van der Waals surface area contributed by atoms with Gasteiger partial charge in [0.05, 0.1) is 5.69 Å². The van der Waals surface area contributed by atoms with E-state index in [1.807, 2.05) is 26.1 Å². The zero-order valence-electron chi connectivity index (χ0n) is 11.4. The van der Waals surface area contributed by atoms with Crippen LogP contribution in [-0.4, -0.2) is 9.78 Å². The maximum atomic E-state index is 6.08. The summed E-state index contributed by atoms with van der Waals surface area (Å²) in [6.45, 7) is 4.04. The van der Waals surface area contributed by atoms with Gasteiger partial charge in [-0.25, -0.2) is 4.68 Å². The Morgan fingerprint density at radius 3 is 2.79 bits per heavy atom. The van der Waals surface area contributed by atoms with Gasteiger partial charge in [0, 0.05) is 12.1 Å². The normalized spacial score (nSPS) is 10.7. The van der Waals surface area contributed by atoms with Gasteiger partial charge in [-0.1, -0.05) is 24.9 Å². The predicted octanol–water partition coefficient (Wildman–Crippen LogP) is 3.71. The molecule has 1 aromatic heterocycles. The van der Waals surface area contributed by atoms with E-state index in [4.69, 9.17) is 22.1 Å². The van der Waals surface area contributed by atoms with E-state index in [1.54, 1.807) is 10.7 Å². The van der Waals surface area contributed by atoms with Crippen LogP contribution in [0, 0.1) is 6.92 Å². The van der Waals surface area contributed by atoms with E-state index in [1.165, 1.54) is 0 Å². The van der Waals surface area contributed by atoms with E-state index in [0.717, 1.165) is 29.8 Å². The zero-order chi connectivity index (χ0) is 14.0. The molecule has 2 aromatic rings. The number of hydrogen-bond donors (Lipinski definition) is 1. The fraction of sp³-hybridized carbons (Fsp3) is 0.357. The first-order chi connectivity index (χ1) is 9.02. The van der Waals surface area contributed by atoms with Crippen molar-refractivity contribution < 1.29 is 4.74 Å². The van der Waals surface area contributed by atoms with Crippen LogP contribution in [0.3, 0.4) is 0 Å². The minimum Gasteiger partial charge on any atom is -0.437 e. The van der Waals surface area contributed by atoms with E-state index < -0.39 is 0 Å². The van der Waals surface area contributed by atoms with Crippen LogP contribution in [0.15, 0.2) is 18.2 Å². The van der Waals surface area contributed by atoms with Crippen LogP contribution in [0.25, 0.3) is 0 Å². The molecule has 4 nitrogen and oxygen atoms in total. The topological polar surface area (TPSA) is 53.1 Å². The molecule has 19 heavy (non-hydrogen) atoms. The fourth-order valence-corrected chi connectivity index (χ4v) is 2.18. The summed E-state index contributed by atoms with van der Waals surface area (Å²) in [6.07, 6.45) is 1.85. The van der Waals surface area contributed by atoms with Gasteiger partial charge in [0.2, 0.25) is 5.88 Å². The number of nitrogens with two attached hydrogens (primary N) is 1. The van der Waals surface area contributed by atoms with Crippen molar-refractivity contribution in [1.82, 2.24) is 9.78 Å². The van der Waals surface area contributed by atoms with E-state index in [9.17, 15) is 0 Å². The number of rotatable bonds is 4. The summed E-state index contributed by atoms with van der Waals surface area (Å²) in [7, 11) is 1.83. The van der Waals surface area contributed by atoms with Crippen LogP contribution < -0.4 is 10.5 Å². The van der Waals surface area contributed by atoms with Gasteiger partial charge < -0.3 is 10.5 Å². The Hall–Kier alpha value is -1.68. The lowest BCUT2D eigenvalue weighted by molar-refractivity contribution is 0.429. The molecule has 0 fully saturated rings. The Bertz CT molecular complexity index is 593. The molecular weight excluding hydrogens is 262 g/mol. The Morgan fingerprint density at radius 1 is 1.42 bits per heavy atom. The number of aromatic nitrogens is 2. The fourth-order valence-electron chi connectivity index (χ4n) is 1.95. The summed E-state index contributed by atoms with van der Waals surface area (Å²) >= 11 is 5.93. The standard InChI is InChI=1S/C14H18ClN3O/c1-4-5-11-13(16)14(18(3)17-11)19-12-7-6-10(15)8-9(12)2/h6-8H,4-5,16H2,1-3H3. The quantitative estimate of drug-likeness (QED) is 0.928. The van der Waals surface area contributed by atoms with Crippen molar-refractivity contribution in [2.75, 3.05) is 5.73 Å². The van der Waals surface area contributed by atoms with Gasteiger partial charge in [0.25, 0.3) is 0 Å². The lowest BCUT2D eigenvalue weighted by Crippen LogP contribution is -1.98. The van der Waals surface area contributed by atoms with Gasteiger partial charge in [-0.05, 0) is 37.1 Å². The van der Waals surface area contributed by atoms with Gasteiger partial charge in [-0.2, -0.15) is 5.10 Å². The van der Waals surface area contributed by atoms with Gasteiger partial charge in [0.15, 0.2) is 0 Å². The number of nitrogens with zero attached hydrogens (tertiary/aromatic N) is 2. The van der Waals surface area contributed by atoms with Crippen LogP contribution in [-0.2, 0) is 13.5 Å². The average molecular weight is 280 g/mol. The molecule has 5 heteroatoms. The third-order valence-corrected chi connectivity index (χ3v) is 3.17. The SMILES string of the molecule is CCCc1nn(C)c(Oc2ccc(Cl)cc2C)c1N. The first kappa shape index (κ1) is 13.7. The first-order valence-corrected chi connectivity index (χ1v) is 6.66. The summed E-state index contributed by atoms with van der Waals surface area (Å²) in [5.74, 6) is 1.32. The highest BCUT2D eigenvalue weighted by molar-refractivity contribution is 6.30. The predicted molar refractivity (Wildman–Crippen MR) is 77.9 cm³/mol. The highest BCUT2D eigenvalue weighted by atomic mass is 35.5. The van der Waals surface area contributed by atoms with Crippen molar-refractivity contribution in [2.45, 2.75) is 26.7 Å². The van der Waals surface area contributed by atoms with Gasteiger partial charge in [-0.3, -0.25) is 0 Å². The molecule has 0 unspecified atom stereocenters. The summed E-state index contributed by atoms with van der Waals surface area (Å²) in [5, 5.41) is 5.07. The van der Waals surface area contributed by atoms with Crippen LogP contribution in [0.2, 0.25) is 5.02 Å². The Balaban J connectivity index is 2.33. The molecule has 0 aliphatic carbocycles. The smallest absolute Gasteiger partial charge is 0.241 e. The molecule has 2 N–H and O–H groups in total.